The minimum Gasteiger partial charge on any atom is -0.390 e. The van der Waals surface area contributed by atoms with Crippen LogP contribution in [-0.2, 0) is 13.0 Å². The van der Waals surface area contributed by atoms with Crippen molar-refractivity contribution in [2.45, 2.75) is 32.0 Å². The Hall–Kier alpha value is -2.40. The second kappa shape index (κ2) is 6.38. The maximum absolute atomic E-state index is 13.5. The zero-order chi connectivity index (χ0) is 16.4. The summed E-state index contributed by atoms with van der Waals surface area (Å²) in [6, 6.07) is 11.7. The highest BCUT2D eigenvalue weighted by atomic mass is 19.1. The Morgan fingerprint density at radius 2 is 2.09 bits per heavy atom. The van der Waals surface area contributed by atoms with Crippen LogP contribution >= 0.6 is 0 Å². The summed E-state index contributed by atoms with van der Waals surface area (Å²) in [4.78, 5) is 12.1. The number of aliphatic hydroxyl groups is 1. The monoisotopic (exact) mass is 314 g/mol. The maximum atomic E-state index is 13.5. The van der Waals surface area contributed by atoms with Crippen LogP contribution in [-0.4, -0.2) is 17.2 Å². The molecule has 4 nitrogen and oxygen atoms in total. The summed E-state index contributed by atoms with van der Waals surface area (Å²) in [5.74, 6) is -0.287. The van der Waals surface area contributed by atoms with Crippen molar-refractivity contribution < 1.29 is 14.3 Å². The van der Waals surface area contributed by atoms with E-state index in [2.05, 4.69) is 10.6 Å². The number of hydrogen-bond donors (Lipinski definition) is 3. The molecule has 0 aliphatic heterocycles. The smallest absolute Gasteiger partial charge is 0.315 e. The van der Waals surface area contributed by atoms with Crippen molar-refractivity contribution in [3.8, 4) is 0 Å². The number of fused-ring (bicyclic) bond motifs is 1. The minimum atomic E-state index is -0.630. The Labute approximate surface area is 134 Å². The third kappa shape index (κ3) is 3.35. The molecule has 2 aromatic carbocycles. The van der Waals surface area contributed by atoms with Crippen molar-refractivity contribution in [3.05, 3.63) is 70.5 Å². The number of carbonyl (C=O) groups excluding carboxylic acids is 1. The summed E-state index contributed by atoms with van der Waals surface area (Å²) >= 11 is 0. The highest BCUT2D eigenvalue weighted by Gasteiger charge is 2.31. The Morgan fingerprint density at radius 1 is 1.30 bits per heavy atom. The van der Waals surface area contributed by atoms with Crippen molar-refractivity contribution >= 4 is 6.03 Å². The Morgan fingerprint density at radius 3 is 2.87 bits per heavy atom. The Balaban J connectivity index is 1.60. The zero-order valence-electron chi connectivity index (χ0n) is 12.8. The molecule has 5 heteroatoms. The molecule has 0 radical (unpaired) electrons. The predicted molar refractivity (Wildman–Crippen MR) is 85.4 cm³/mol. The largest absolute Gasteiger partial charge is 0.390 e. The number of rotatable bonds is 3. The quantitative estimate of drug-likeness (QED) is 0.815. The lowest BCUT2D eigenvalue weighted by atomic mass is 10.1. The van der Waals surface area contributed by atoms with E-state index < -0.39 is 12.1 Å². The van der Waals surface area contributed by atoms with E-state index in [4.69, 9.17) is 0 Å². The van der Waals surface area contributed by atoms with E-state index in [0.717, 1.165) is 11.1 Å². The molecule has 120 valence electrons. The summed E-state index contributed by atoms with van der Waals surface area (Å²) in [5.41, 5.74) is 3.25. The van der Waals surface area contributed by atoms with E-state index in [0.29, 0.717) is 17.5 Å². The van der Waals surface area contributed by atoms with E-state index in [-0.39, 0.29) is 18.4 Å². The number of carbonyl (C=O) groups is 1. The summed E-state index contributed by atoms with van der Waals surface area (Å²) in [6.45, 7) is 1.92. The van der Waals surface area contributed by atoms with Gasteiger partial charge in [0.25, 0.3) is 0 Å². The number of urea groups is 1. The van der Waals surface area contributed by atoms with Gasteiger partial charge in [-0.15, -0.1) is 0 Å². The van der Waals surface area contributed by atoms with Gasteiger partial charge >= 0.3 is 6.03 Å². The van der Waals surface area contributed by atoms with Gasteiger partial charge in [0.2, 0.25) is 0 Å². The summed E-state index contributed by atoms with van der Waals surface area (Å²) in [7, 11) is 0. The summed E-state index contributed by atoms with van der Waals surface area (Å²) in [6.07, 6.45) is -0.0976. The normalized spacial score (nSPS) is 19.3. The van der Waals surface area contributed by atoms with Crippen LogP contribution in [0, 0.1) is 12.7 Å². The lowest BCUT2D eigenvalue weighted by Gasteiger charge is -2.18. The van der Waals surface area contributed by atoms with Gasteiger partial charge in [-0.2, -0.15) is 0 Å². The van der Waals surface area contributed by atoms with Crippen molar-refractivity contribution in [1.29, 1.82) is 0 Å². The van der Waals surface area contributed by atoms with Gasteiger partial charge in [0.15, 0.2) is 0 Å². The van der Waals surface area contributed by atoms with Crippen LogP contribution in [0.4, 0.5) is 9.18 Å². The van der Waals surface area contributed by atoms with Gasteiger partial charge in [0, 0.05) is 13.0 Å². The zero-order valence-corrected chi connectivity index (χ0v) is 12.8. The number of aryl methyl sites for hydroxylation is 1. The van der Waals surface area contributed by atoms with Gasteiger partial charge in [0.05, 0.1) is 12.1 Å². The van der Waals surface area contributed by atoms with Gasteiger partial charge in [-0.1, -0.05) is 36.4 Å². The molecule has 0 unspecified atom stereocenters. The van der Waals surface area contributed by atoms with Gasteiger partial charge in [-0.05, 0) is 35.2 Å². The molecule has 3 rings (SSSR count). The van der Waals surface area contributed by atoms with Crippen LogP contribution < -0.4 is 10.6 Å². The highest BCUT2D eigenvalue weighted by Crippen LogP contribution is 2.31. The van der Waals surface area contributed by atoms with Crippen molar-refractivity contribution in [2.24, 2.45) is 0 Å². The molecule has 0 saturated heterocycles. The van der Waals surface area contributed by atoms with Crippen molar-refractivity contribution in [2.75, 3.05) is 0 Å². The molecule has 1 aliphatic carbocycles. The van der Waals surface area contributed by atoms with Crippen LogP contribution in [0.15, 0.2) is 42.5 Å². The number of amides is 2. The van der Waals surface area contributed by atoms with E-state index in [1.54, 1.807) is 19.1 Å². The topological polar surface area (TPSA) is 61.4 Å². The fourth-order valence-electron chi connectivity index (χ4n) is 2.87. The van der Waals surface area contributed by atoms with Crippen LogP contribution in [0.1, 0.15) is 28.3 Å². The predicted octanol–water partition coefficient (Wildman–Crippen LogP) is 2.59. The maximum Gasteiger partial charge on any atom is 0.315 e. The summed E-state index contributed by atoms with van der Waals surface area (Å²) in [5, 5.41) is 15.6. The van der Waals surface area contributed by atoms with Crippen molar-refractivity contribution in [3.63, 3.8) is 0 Å². The lowest BCUT2D eigenvalue weighted by molar-refractivity contribution is 0.142. The molecule has 0 aromatic heterocycles. The molecule has 2 atom stereocenters. The first-order valence-corrected chi connectivity index (χ1v) is 7.60. The molecule has 0 saturated carbocycles. The van der Waals surface area contributed by atoms with Gasteiger partial charge in [-0.3, -0.25) is 0 Å². The van der Waals surface area contributed by atoms with E-state index in [1.807, 2.05) is 24.3 Å². The lowest BCUT2D eigenvalue weighted by Crippen LogP contribution is -2.40. The first-order chi connectivity index (χ1) is 11.0. The van der Waals surface area contributed by atoms with Gasteiger partial charge < -0.3 is 15.7 Å². The van der Waals surface area contributed by atoms with Crippen LogP contribution in [0.2, 0.25) is 0 Å². The Bertz CT molecular complexity index is 733. The van der Waals surface area contributed by atoms with E-state index in [9.17, 15) is 14.3 Å². The molecule has 2 amide bonds. The number of nitrogens with one attached hydrogen (secondary N) is 2. The van der Waals surface area contributed by atoms with Gasteiger partial charge in [0.1, 0.15) is 5.82 Å². The molecule has 0 fully saturated rings. The molecular weight excluding hydrogens is 295 g/mol. The van der Waals surface area contributed by atoms with Crippen LogP contribution in [0.25, 0.3) is 0 Å². The Kier molecular flexibility index (Phi) is 4.30. The molecule has 2 aromatic rings. The fourth-order valence-corrected chi connectivity index (χ4v) is 2.87. The average molecular weight is 314 g/mol. The number of hydrogen-bond acceptors (Lipinski definition) is 2. The standard InChI is InChI=1S/C18H19FN2O2/c1-11-6-7-12(8-15(11)19)10-20-18(23)21-17-14-5-3-2-4-13(14)9-16(17)22/h2-8,16-17,22H,9-10H2,1H3,(H2,20,21,23)/t16-,17+/m0/s1. The molecule has 0 bridgehead atoms. The average Bonchev–Trinajstić information content (AvgIpc) is 2.84. The third-order valence-electron chi connectivity index (χ3n) is 4.18. The minimum absolute atomic E-state index is 0.230. The van der Waals surface area contributed by atoms with Crippen LogP contribution in [0.3, 0.4) is 0 Å². The summed E-state index contributed by atoms with van der Waals surface area (Å²) < 4.78 is 13.5. The third-order valence-corrected chi connectivity index (χ3v) is 4.18. The van der Waals surface area contributed by atoms with Crippen molar-refractivity contribution in [1.82, 2.24) is 10.6 Å². The first kappa shape index (κ1) is 15.5. The van der Waals surface area contributed by atoms with Gasteiger partial charge in [-0.25, -0.2) is 9.18 Å². The molecule has 0 heterocycles. The first-order valence-electron chi connectivity index (χ1n) is 7.60. The molecule has 1 aliphatic rings. The molecular formula is C18H19FN2O2. The fraction of sp³-hybridized carbons (Fsp3) is 0.278. The second-order valence-electron chi connectivity index (χ2n) is 5.86. The van der Waals surface area contributed by atoms with E-state index in [1.165, 1.54) is 6.07 Å². The second-order valence-corrected chi connectivity index (χ2v) is 5.86. The molecule has 0 spiro atoms. The highest BCUT2D eigenvalue weighted by molar-refractivity contribution is 5.74. The van der Waals surface area contributed by atoms with Crippen LogP contribution in [0.5, 0.6) is 0 Å². The SMILES string of the molecule is Cc1ccc(CNC(=O)N[C@@H]2c3ccccc3C[C@@H]2O)cc1F. The number of benzene rings is 2. The van der Waals surface area contributed by atoms with E-state index >= 15 is 0 Å². The number of halogens is 1. The molecule has 23 heavy (non-hydrogen) atoms. The number of aliphatic hydroxyl groups excluding tert-OH is 1. The molecule has 3 N–H and O–H groups in total.